The van der Waals surface area contributed by atoms with E-state index in [-0.39, 0.29) is 17.1 Å². The number of pyridine rings is 1. The quantitative estimate of drug-likeness (QED) is 0.559. The molecule has 2 aromatic carbocycles. The van der Waals surface area contributed by atoms with E-state index in [1.165, 1.54) is 0 Å². The van der Waals surface area contributed by atoms with Crippen molar-refractivity contribution < 1.29 is 4.92 Å². The maximum Gasteiger partial charge on any atom is 0.318 e. The fraction of sp³-hybridized carbons (Fsp3) is 0. The molecule has 0 unspecified atom stereocenters. The van der Waals surface area contributed by atoms with Crippen LogP contribution in [0.3, 0.4) is 0 Å². The van der Waals surface area contributed by atoms with Gasteiger partial charge in [0.25, 0.3) is 0 Å². The van der Waals surface area contributed by atoms with Crippen LogP contribution in [0.25, 0.3) is 22.2 Å². The number of aromatic nitrogens is 1. The van der Waals surface area contributed by atoms with E-state index in [2.05, 4.69) is 20.9 Å². The molecule has 0 radical (unpaired) electrons. The molecule has 0 amide bonds. The number of rotatable bonds is 2. The Morgan fingerprint density at radius 2 is 1.76 bits per heavy atom. The molecule has 0 saturated heterocycles. The first-order valence-corrected chi connectivity index (χ1v) is 6.96. The number of nitrogens with zero attached hydrogens (tertiary/aromatic N) is 2. The molecular formula is C15H10BrN3O2. The zero-order valence-corrected chi connectivity index (χ0v) is 12.4. The average molecular weight is 344 g/mol. The average Bonchev–Trinajstić information content (AvgIpc) is 2.47. The van der Waals surface area contributed by atoms with Gasteiger partial charge in [0.15, 0.2) is 5.69 Å². The normalized spacial score (nSPS) is 10.7. The molecule has 2 N–H and O–H groups in total. The number of hydrogen-bond acceptors (Lipinski definition) is 4. The molecule has 6 heteroatoms. The van der Waals surface area contributed by atoms with Gasteiger partial charge in [-0.25, -0.2) is 4.98 Å². The Bertz CT molecular complexity index is 847. The number of halogens is 1. The summed E-state index contributed by atoms with van der Waals surface area (Å²) in [4.78, 5) is 15.3. The number of hydrogen-bond donors (Lipinski definition) is 1. The third-order valence-corrected chi connectivity index (χ3v) is 3.73. The van der Waals surface area contributed by atoms with E-state index >= 15 is 0 Å². The second-order valence-corrected chi connectivity index (χ2v) is 5.42. The van der Waals surface area contributed by atoms with Crippen molar-refractivity contribution in [2.75, 3.05) is 5.73 Å². The second-order valence-electron chi connectivity index (χ2n) is 4.50. The summed E-state index contributed by atoms with van der Waals surface area (Å²) < 4.78 is 0.891. The lowest BCUT2D eigenvalue weighted by Crippen LogP contribution is -2.01. The van der Waals surface area contributed by atoms with Gasteiger partial charge in [-0.2, -0.15) is 0 Å². The largest absolute Gasteiger partial charge is 0.393 e. The Morgan fingerprint density at radius 1 is 1.10 bits per heavy atom. The minimum Gasteiger partial charge on any atom is -0.393 e. The number of nitrogens with two attached hydrogens (primary N) is 1. The van der Waals surface area contributed by atoms with E-state index in [9.17, 15) is 10.1 Å². The Kier molecular flexibility index (Phi) is 3.31. The van der Waals surface area contributed by atoms with Crippen LogP contribution in [0, 0.1) is 10.1 Å². The maximum atomic E-state index is 11.4. The van der Waals surface area contributed by atoms with Gasteiger partial charge in [0.2, 0.25) is 0 Å². The first kappa shape index (κ1) is 13.5. The summed E-state index contributed by atoms with van der Waals surface area (Å²) in [5, 5.41) is 12.0. The highest BCUT2D eigenvalue weighted by Gasteiger charge is 2.23. The van der Waals surface area contributed by atoms with Crippen molar-refractivity contribution in [3.63, 3.8) is 0 Å². The first-order valence-electron chi connectivity index (χ1n) is 6.16. The zero-order chi connectivity index (χ0) is 15.0. The number of nitrogen functional groups attached to an aromatic ring is 1. The van der Waals surface area contributed by atoms with Crippen LogP contribution in [0.5, 0.6) is 0 Å². The van der Waals surface area contributed by atoms with Crippen molar-refractivity contribution in [1.82, 2.24) is 4.98 Å². The van der Waals surface area contributed by atoms with Gasteiger partial charge >= 0.3 is 5.69 Å². The van der Waals surface area contributed by atoms with Crippen molar-refractivity contribution >= 4 is 38.2 Å². The van der Waals surface area contributed by atoms with Crippen LogP contribution in [-0.4, -0.2) is 9.91 Å². The summed E-state index contributed by atoms with van der Waals surface area (Å²) in [7, 11) is 0. The molecule has 1 heterocycles. The van der Waals surface area contributed by atoms with Crippen LogP contribution in [0.4, 0.5) is 11.4 Å². The summed E-state index contributed by atoms with van der Waals surface area (Å²) in [6.07, 6.45) is 0. The lowest BCUT2D eigenvalue weighted by molar-refractivity contribution is -0.383. The van der Waals surface area contributed by atoms with Gasteiger partial charge in [-0.15, -0.1) is 0 Å². The highest BCUT2D eigenvalue weighted by molar-refractivity contribution is 9.10. The molecule has 0 aliphatic carbocycles. The molecule has 104 valence electrons. The smallest absolute Gasteiger partial charge is 0.318 e. The Morgan fingerprint density at radius 3 is 2.43 bits per heavy atom. The van der Waals surface area contributed by atoms with Gasteiger partial charge in [0, 0.05) is 15.4 Å². The molecule has 3 rings (SSSR count). The molecular weight excluding hydrogens is 334 g/mol. The molecule has 0 fully saturated rings. The van der Waals surface area contributed by atoms with Crippen molar-refractivity contribution in [3.05, 3.63) is 63.1 Å². The molecule has 5 nitrogen and oxygen atoms in total. The molecule has 0 saturated carbocycles. The lowest BCUT2D eigenvalue weighted by Gasteiger charge is -2.08. The lowest BCUT2D eigenvalue weighted by atomic mass is 10.1. The molecule has 21 heavy (non-hydrogen) atoms. The zero-order valence-electron chi connectivity index (χ0n) is 10.8. The Hall–Kier alpha value is -2.47. The van der Waals surface area contributed by atoms with Gasteiger partial charge in [0.05, 0.1) is 10.4 Å². The number of nitro groups is 1. The summed E-state index contributed by atoms with van der Waals surface area (Å²) in [5.41, 5.74) is 7.56. The standard InChI is InChI=1S/C15H10BrN3O2/c16-10-7-5-9(6-8-10)14-15(19(20)21)13(17)11-3-1-2-4-12(11)18-14/h1-8H,(H2,17,18). The summed E-state index contributed by atoms with van der Waals surface area (Å²) >= 11 is 3.34. The SMILES string of the molecule is Nc1c([N+](=O)[O-])c(-c2ccc(Br)cc2)nc2ccccc12. The second kappa shape index (κ2) is 5.14. The first-order chi connectivity index (χ1) is 10.1. The van der Waals surface area contributed by atoms with Crippen LogP contribution in [0.2, 0.25) is 0 Å². The summed E-state index contributed by atoms with van der Waals surface area (Å²) in [5.74, 6) is 0. The number of anilines is 1. The van der Waals surface area contributed by atoms with E-state index in [0.29, 0.717) is 16.5 Å². The minimum atomic E-state index is -0.480. The van der Waals surface area contributed by atoms with Crippen LogP contribution in [0.15, 0.2) is 53.0 Å². The minimum absolute atomic E-state index is 0.142. The molecule has 0 aliphatic heterocycles. The van der Waals surface area contributed by atoms with Crippen LogP contribution < -0.4 is 5.73 Å². The van der Waals surface area contributed by atoms with Crippen LogP contribution in [-0.2, 0) is 0 Å². The van der Waals surface area contributed by atoms with Crippen molar-refractivity contribution in [2.24, 2.45) is 0 Å². The Balaban J connectivity index is 2.37. The van der Waals surface area contributed by atoms with E-state index in [1.807, 2.05) is 18.2 Å². The van der Waals surface area contributed by atoms with Crippen molar-refractivity contribution in [1.29, 1.82) is 0 Å². The van der Waals surface area contributed by atoms with Gasteiger partial charge < -0.3 is 5.73 Å². The molecule has 0 bridgehead atoms. The summed E-state index contributed by atoms with van der Waals surface area (Å²) in [6, 6.07) is 14.3. The van der Waals surface area contributed by atoms with Crippen molar-refractivity contribution in [3.8, 4) is 11.3 Å². The number of benzene rings is 2. The van der Waals surface area contributed by atoms with E-state index in [4.69, 9.17) is 5.73 Å². The Labute approximate surface area is 128 Å². The number of para-hydroxylation sites is 1. The highest BCUT2D eigenvalue weighted by atomic mass is 79.9. The van der Waals surface area contributed by atoms with Crippen LogP contribution >= 0.6 is 15.9 Å². The molecule has 0 atom stereocenters. The molecule has 1 aromatic heterocycles. The predicted molar refractivity (Wildman–Crippen MR) is 85.9 cm³/mol. The van der Waals surface area contributed by atoms with E-state index < -0.39 is 4.92 Å². The number of fused-ring (bicyclic) bond motifs is 1. The highest BCUT2D eigenvalue weighted by Crippen LogP contribution is 2.37. The van der Waals surface area contributed by atoms with Gasteiger partial charge in [-0.05, 0) is 18.2 Å². The van der Waals surface area contributed by atoms with E-state index in [0.717, 1.165) is 4.47 Å². The third-order valence-electron chi connectivity index (χ3n) is 3.21. The van der Waals surface area contributed by atoms with Crippen molar-refractivity contribution in [2.45, 2.75) is 0 Å². The predicted octanol–water partition coefficient (Wildman–Crippen LogP) is 4.15. The van der Waals surface area contributed by atoms with Gasteiger partial charge in [-0.1, -0.05) is 46.3 Å². The molecule has 3 aromatic rings. The monoisotopic (exact) mass is 343 g/mol. The van der Waals surface area contributed by atoms with Gasteiger partial charge in [0.1, 0.15) is 5.69 Å². The topological polar surface area (TPSA) is 82.0 Å². The summed E-state index contributed by atoms with van der Waals surface area (Å²) in [6.45, 7) is 0. The fourth-order valence-electron chi connectivity index (χ4n) is 2.22. The van der Waals surface area contributed by atoms with E-state index in [1.54, 1.807) is 30.3 Å². The molecule has 0 aliphatic rings. The third kappa shape index (κ3) is 2.34. The fourth-order valence-corrected chi connectivity index (χ4v) is 2.49. The molecule has 0 spiro atoms. The van der Waals surface area contributed by atoms with Crippen LogP contribution in [0.1, 0.15) is 0 Å². The van der Waals surface area contributed by atoms with Gasteiger partial charge in [-0.3, -0.25) is 10.1 Å². The maximum absolute atomic E-state index is 11.4.